The highest BCUT2D eigenvalue weighted by Crippen LogP contribution is 2.14. The Morgan fingerprint density at radius 1 is 1.11 bits per heavy atom. The average Bonchev–Trinajstić information content (AvgIpc) is 2.75. The predicted molar refractivity (Wildman–Crippen MR) is 68.0 cm³/mol. The van der Waals surface area contributed by atoms with Gasteiger partial charge in [-0.2, -0.15) is 0 Å². The molecule has 0 bridgehead atoms. The summed E-state index contributed by atoms with van der Waals surface area (Å²) in [5, 5.41) is 1.65. The predicted octanol–water partition coefficient (Wildman–Crippen LogP) is 2.02. The minimum atomic E-state index is -0.854. The molecule has 3 rings (SSSR count). The third-order valence-electron chi connectivity index (χ3n) is 2.61. The Labute approximate surface area is 108 Å². The normalized spacial score (nSPS) is 11.1. The second-order valence-electron chi connectivity index (χ2n) is 3.86. The number of rotatable bonds is 1. The number of hydrogen-bond acceptors (Lipinski definition) is 3. The number of thiophene rings is 1. The molecule has 19 heavy (non-hydrogen) atoms. The first kappa shape index (κ1) is 11.8. The number of H-pyrrole nitrogens is 1. The topological polar surface area (TPSA) is 54.9 Å². The van der Waals surface area contributed by atoms with Gasteiger partial charge in [0.1, 0.15) is 16.3 Å². The van der Waals surface area contributed by atoms with Crippen LogP contribution in [0.15, 0.2) is 39.2 Å². The van der Waals surface area contributed by atoms with Crippen LogP contribution in [0.5, 0.6) is 0 Å². The van der Waals surface area contributed by atoms with Gasteiger partial charge in [0.15, 0.2) is 0 Å². The molecule has 2 heterocycles. The van der Waals surface area contributed by atoms with Crippen LogP contribution >= 0.6 is 11.3 Å². The van der Waals surface area contributed by atoms with Crippen LogP contribution in [0.4, 0.5) is 8.78 Å². The van der Waals surface area contributed by atoms with Gasteiger partial charge in [-0.15, -0.1) is 11.3 Å². The molecule has 0 aliphatic heterocycles. The first-order valence-corrected chi connectivity index (χ1v) is 6.13. The number of aromatic amines is 1. The smallest absolute Gasteiger partial charge is 0.306 e. The van der Waals surface area contributed by atoms with E-state index in [1.54, 1.807) is 11.4 Å². The van der Waals surface area contributed by atoms with E-state index >= 15 is 0 Å². The maximum absolute atomic E-state index is 13.2. The molecule has 0 spiro atoms. The number of nitrogens with one attached hydrogen (secondary N) is 1. The first-order valence-electron chi connectivity index (χ1n) is 5.25. The maximum atomic E-state index is 13.2. The fourth-order valence-electron chi connectivity index (χ4n) is 1.84. The van der Waals surface area contributed by atoms with Crippen LogP contribution in [0.2, 0.25) is 0 Å². The first-order chi connectivity index (χ1) is 9.06. The van der Waals surface area contributed by atoms with Crippen molar-refractivity contribution in [2.24, 2.45) is 0 Å². The Bertz CT molecular complexity index is 874. The molecule has 1 aromatic carbocycles. The van der Waals surface area contributed by atoms with Crippen LogP contribution in [0.3, 0.4) is 0 Å². The quantitative estimate of drug-likeness (QED) is 0.741. The summed E-state index contributed by atoms with van der Waals surface area (Å²) in [6, 6.07) is 4.13. The lowest BCUT2D eigenvalue weighted by atomic mass is 10.3. The summed E-state index contributed by atoms with van der Waals surface area (Å²) in [5.41, 5.74) is -1.06. The van der Waals surface area contributed by atoms with Gasteiger partial charge in [-0.1, -0.05) is 0 Å². The van der Waals surface area contributed by atoms with Crippen molar-refractivity contribution in [1.82, 2.24) is 9.55 Å². The molecule has 0 fully saturated rings. The van der Waals surface area contributed by atoms with E-state index in [9.17, 15) is 18.4 Å². The van der Waals surface area contributed by atoms with E-state index in [-0.39, 0.29) is 5.69 Å². The molecule has 7 heteroatoms. The van der Waals surface area contributed by atoms with Gasteiger partial charge in [0.2, 0.25) is 0 Å². The highest BCUT2D eigenvalue weighted by Gasteiger charge is 2.12. The molecule has 0 radical (unpaired) electrons. The molecule has 0 amide bonds. The monoisotopic (exact) mass is 280 g/mol. The Kier molecular flexibility index (Phi) is 2.56. The van der Waals surface area contributed by atoms with Crippen molar-refractivity contribution in [3.05, 3.63) is 62.1 Å². The van der Waals surface area contributed by atoms with Gasteiger partial charge in [0.25, 0.3) is 5.56 Å². The summed E-state index contributed by atoms with van der Waals surface area (Å²) >= 11 is 1.15. The number of fused-ring (bicyclic) bond motifs is 1. The Morgan fingerprint density at radius 3 is 2.47 bits per heavy atom. The van der Waals surface area contributed by atoms with Gasteiger partial charge >= 0.3 is 5.69 Å². The molecule has 0 saturated carbocycles. The summed E-state index contributed by atoms with van der Waals surface area (Å²) in [7, 11) is 0. The third-order valence-corrected chi connectivity index (χ3v) is 3.52. The van der Waals surface area contributed by atoms with Gasteiger partial charge in [0, 0.05) is 6.07 Å². The van der Waals surface area contributed by atoms with E-state index in [1.165, 1.54) is 0 Å². The molecule has 0 atom stereocenters. The van der Waals surface area contributed by atoms with E-state index in [0.717, 1.165) is 23.5 Å². The summed E-state index contributed by atoms with van der Waals surface area (Å²) < 4.78 is 27.4. The largest absolute Gasteiger partial charge is 0.333 e. The minimum Gasteiger partial charge on any atom is -0.306 e. The standard InChI is InChI=1S/C12H6F2N2O2S/c13-6-3-7(14)5-8(4-6)16-11(17)10-9(1-2-19-10)15-12(16)18/h1-5H,(H,15,18). The van der Waals surface area contributed by atoms with Crippen LogP contribution in [-0.4, -0.2) is 9.55 Å². The van der Waals surface area contributed by atoms with Crippen molar-refractivity contribution in [2.75, 3.05) is 0 Å². The van der Waals surface area contributed by atoms with Crippen LogP contribution < -0.4 is 11.2 Å². The zero-order valence-electron chi connectivity index (χ0n) is 9.31. The van der Waals surface area contributed by atoms with Crippen molar-refractivity contribution in [3.8, 4) is 5.69 Å². The Balaban J connectivity index is 2.42. The second kappa shape index (κ2) is 4.13. The van der Waals surface area contributed by atoms with Crippen molar-refractivity contribution in [3.63, 3.8) is 0 Å². The maximum Gasteiger partial charge on any atom is 0.333 e. The number of benzene rings is 1. The van der Waals surface area contributed by atoms with Gasteiger partial charge < -0.3 is 4.98 Å². The van der Waals surface area contributed by atoms with Gasteiger partial charge in [0.05, 0.1) is 11.2 Å². The van der Waals surface area contributed by atoms with E-state index in [4.69, 9.17) is 0 Å². The zero-order chi connectivity index (χ0) is 13.6. The van der Waals surface area contributed by atoms with Gasteiger partial charge in [-0.05, 0) is 23.6 Å². The molecule has 0 saturated heterocycles. The Hall–Kier alpha value is -2.28. The van der Waals surface area contributed by atoms with Crippen LogP contribution in [0, 0.1) is 11.6 Å². The molecular weight excluding hydrogens is 274 g/mol. The van der Waals surface area contributed by atoms with Gasteiger partial charge in [-0.3, -0.25) is 4.79 Å². The van der Waals surface area contributed by atoms with Gasteiger partial charge in [-0.25, -0.2) is 18.1 Å². The number of hydrogen-bond donors (Lipinski definition) is 1. The summed E-state index contributed by atoms with van der Waals surface area (Å²) in [6.07, 6.45) is 0. The van der Waals surface area contributed by atoms with Crippen LogP contribution in [-0.2, 0) is 0 Å². The number of halogens is 2. The van der Waals surface area contributed by atoms with E-state index < -0.39 is 22.9 Å². The molecule has 4 nitrogen and oxygen atoms in total. The highest BCUT2D eigenvalue weighted by molar-refractivity contribution is 7.17. The lowest BCUT2D eigenvalue weighted by Gasteiger charge is -2.05. The van der Waals surface area contributed by atoms with E-state index in [1.807, 2.05) is 0 Å². The van der Waals surface area contributed by atoms with Crippen molar-refractivity contribution in [1.29, 1.82) is 0 Å². The van der Waals surface area contributed by atoms with E-state index in [0.29, 0.717) is 20.9 Å². The molecule has 1 N–H and O–H groups in total. The fraction of sp³-hybridized carbons (Fsp3) is 0. The Morgan fingerprint density at radius 2 is 1.79 bits per heavy atom. The highest BCUT2D eigenvalue weighted by atomic mass is 32.1. The minimum absolute atomic E-state index is 0.140. The molecular formula is C12H6F2N2O2S. The van der Waals surface area contributed by atoms with Crippen molar-refractivity contribution >= 4 is 21.6 Å². The molecule has 0 unspecified atom stereocenters. The van der Waals surface area contributed by atoms with Crippen molar-refractivity contribution in [2.45, 2.75) is 0 Å². The fourth-order valence-corrected chi connectivity index (χ4v) is 2.62. The second-order valence-corrected chi connectivity index (χ2v) is 4.78. The molecule has 2 aromatic heterocycles. The molecule has 3 aromatic rings. The third kappa shape index (κ3) is 1.88. The zero-order valence-corrected chi connectivity index (χ0v) is 10.1. The summed E-state index contributed by atoms with van der Waals surface area (Å²) in [5.74, 6) is -1.71. The lowest BCUT2D eigenvalue weighted by Crippen LogP contribution is -2.33. The lowest BCUT2D eigenvalue weighted by molar-refractivity contribution is 0.580. The summed E-state index contributed by atoms with van der Waals surface area (Å²) in [6.45, 7) is 0. The summed E-state index contributed by atoms with van der Waals surface area (Å²) in [4.78, 5) is 26.5. The average molecular weight is 280 g/mol. The van der Waals surface area contributed by atoms with Crippen molar-refractivity contribution < 1.29 is 8.78 Å². The van der Waals surface area contributed by atoms with E-state index in [2.05, 4.69) is 4.98 Å². The molecule has 96 valence electrons. The van der Waals surface area contributed by atoms with Crippen LogP contribution in [0.1, 0.15) is 0 Å². The SMILES string of the molecule is O=c1[nH]c2ccsc2c(=O)n1-c1cc(F)cc(F)c1. The molecule has 0 aliphatic carbocycles. The molecule has 0 aliphatic rings. The number of nitrogens with zero attached hydrogens (tertiary/aromatic N) is 1. The van der Waals surface area contributed by atoms with Crippen LogP contribution in [0.25, 0.3) is 15.9 Å². The number of aromatic nitrogens is 2.